The van der Waals surface area contributed by atoms with Crippen molar-refractivity contribution in [3.8, 4) is 0 Å². The lowest BCUT2D eigenvalue weighted by molar-refractivity contribution is 0.279. The summed E-state index contributed by atoms with van der Waals surface area (Å²) in [5.41, 5.74) is 3.19. The smallest absolute Gasteiger partial charge is 0.0510 e. The Kier molecular flexibility index (Phi) is 5.14. The molecule has 0 aliphatic carbocycles. The van der Waals surface area contributed by atoms with Crippen molar-refractivity contribution in [3.63, 3.8) is 0 Å². The molecule has 3 heteroatoms. The van der Waals surface area contributed by atoms with Gasteiger partial charge in [-0.05, 0) is 51.9 Å². The molecule has 1 aliphatic rings. The minimum atomic E-state index is 0.504. The molecule has 1 fully saturated rings. The number of rotatable bonds is 4. The first-order valence-electron chi connectivity index (χ1n) is 7.64. The van der Waals surface area contributed by atoms with Crippen molar-refractivity contribution in [1.29, 1.82) is 0 Å². The monoisotopic (exact) mass is 338 g/mol. The van der Waals surface area contributed by atoms with Crippen LogP contribution in [0, 0.1) is 5.41 Å². The van der Waals surface area contributed by atoms with Crippen LogP contribution in [0.3, 0.4) is 0 Å². The Labute approximate surface area is 132 Å². The van der Waals surface area contributed by atoms with Crippen molar-refractivity contribution >= 4 is 21.6 Å². The molecule has 20 heavy (non-hydrogen) atoms. The fourth-order valence-electron chi connectivity index (χ4n) is 2.59. The van der Waals surface area contributed by atoms with Gasteiger partial charge in [-0.15, -0.1) is 0 Å². The van der Waals surface area contributed by atoms with Crippen LogP contribution in [0.5, 0.6) is 0 Å². The molecule has 0 amide bonds. The third-order valence-electron chi connectivity index (χ3n) is 4.18. The molecule has 1 N–H and O–H groups in total. The number of hydrogen-bond acceptors (Lipinski definition) is 2. The van der Waals surface area contributed by atoms with Gasteiger partial charge in [0.25, 0.3) is 0 Å². The zero-order valence-electron chi connectivity index (χ0n) is 13.2. The van der Waals surface area contributed by atoms with E-state index < -0.39 is 0 Å². The Balaban J connectivity index is 2.03. The summed E-state index contributed by atoms with van der Waals surface area (Å²) >= 11 is 3.75. The summed E-state index contributed by atoms with van der Waals surface area (Å²) in [4.78, 5) is 2.51. The predicted molar refractivity (Wildman–Crippen MR) is 91.3 cm³/mol. The van der Waals surface area contributed by atoms with Crippen molar-refractivity contribution in [2.24, 2.45) is 5.41 Å². The van der Waals surface area contributed by atoms with E-state index in [1.807, 2.05) is 0 Å². The second-order valence-electron chi connectivity index (χ2n) is 6.97. The van der Waals surface area contributed by atoms with Crippen LogP contribution >= 0.6 is 15.9 Å². The molecule has 0 bridgehead atoms. The first-order valence-corrected chi connectivity index (χ1v) is 8.43. The second kappa shape index (κ2) is 6.48. The van der Waals surface area contributed by atoms with Crippen LogP contribution in [0.15, 0.2) is 22.7 Å². The molecule has 0 spiro atoms. The minimum Gasteiger partial charge on any atom is -0.371 e. The predicted octanol–water partition coefficient (Wildman–Crippen LogP) is 4.57. The van der Waals surface area contributed by atoms with Crippen LogP contribution in [0.4, 0.5) is 5.69 Å². The molecular formula is C17H27BrN2. The minimum absolute atomic E-state index is 0.504. The molecule has 0 atom stereocenters. The number of piperidine rings is 1. The van der Waals surface area contributed by atoms with E-state index in [1.54, 1.807) is 0 Å². The zero-order chi connectivity index (χ0) is 14.8. The quantitative estimate of drug-likeness (QED) is 0.864. The van der Waals surface area contributed by atoms with Crippen molar-refractivity contribution in [1.82, 2.24) is 5.32 Å². The highest BCUT2D eigenvalue weighted by Crippen LogP contribution is 2.35. The van der Waals surface area contributed by atoms with E-state index in [1.165, 1.54) is 28.6 Å². The van der Waals surface area contributed by atoms with E-state index in [4.69, 9.17) is 0 Å². The molecule has 1 heterocycles. The Morgan fingerprint density at radius 1 is 1.25 bits per heavy atom. The number of halogens is 1. The Hall–Kier alpha value is -0.540. The van der Waals surface area contributed by atoms with Gasteiger partial charge in [0.1, 0.15) is 0 Å². The van der Waals surface area contributed by atoms with E-state index >= 15 is 0 Å². The summed E-state index contributed by atoms with van der Waals surface area (Å²) in [6.45, 7) is 12.4. The van der Waals surface area contributed by atoms with Crippen LogP contribution in [-0.2, 0) is 6.54 Å². The highest BCUT2D eigenvalue weighted by atomic mass is 79.9. The molecule has 1 aliphatic heterocycles. The maximum absolute atomic E-state index is 3.75. The van der Waals surface area contributed by atoms with Crippen molar-refractivity contribution in [3.05, 3.63) is 28.2 Å². The van der Waals surface area contributed by atoms with Crippen molar-refractivity contribution in [2.45, 2.75) is 53.1 Å². The molecule has 0 saturated carbocycles. The topological polar surface area (TPSA) is 15.3 Å². The summed E-state index contributed by atoms with van der Waals surface area (Å²) in [6, 6.07) is 7.29. The maximum Gasteiger partial charge on any atom is 0.0510 e. The van der Waals surface area contributed by atoms with Gasteiger partial charge in [0.2, 0.25) is 0 Å². The summed E-state index contributed by atoms with van der Waals surface area (Å²) in [6.07, 6.45) is 2.55. The molecule has 112 valence electrons. The standard InChI is InChI=1S/C17H27BrN2/c1-13(2)19-12-14-5-6-16(15(18)11-14)20-9-7-17(3,4)8-10-20/h5-6,11,13,19H,7-10,12H2,1-4H3. The number of nitrogens with one attached hydrogen (secondary N) is 1. The lowest BCUT2D eigenvalue weighted by Gasteiger charge is -2.38. The van der Waals surface area contributed by atoms with Crippen LogP contribution in [0.1, 0.15) is 46.1 Å². The fourth-order valence-corrected chi connectivity index (χ4v) is 3.27. The summed E-state index contributed by atoms with van der Waals surface area (Å²) in [7, 11) is 0. The maximum atomic E-state index is 3.75. The van der Waals surface area contributed by atoms with E-state index in [2.05, 4.69) is 72.0 Å². The van der Waals surface area contributed by atoms with Gasteiger partial charge in [0.05, 0.1) is 5.69 Å². The second-order valence-corrected chi connectivity index (χ2v) is 7.83. The van der Waals surface area contributed by atoms with Crippen LogP contribution in [0.25, 0.3) is 0 Å². The lowest BCUT2D eigenvalue weighted by Crippen LogP contribution is -2.37. The van der Waals surface area contributed by atoms with E-state index in [0.29, 0.717) is 11.5 Å². The molecule has 0 radical (unpaired) electrons. The van der Waals surface area contributed by atoms with Gasteiger partial charge < -0.3 is 10.2 Å². The Bertz CT molecular complexity index is 444. The number of hydrogen-bond donors (Lipinski definition) is 1. The molecule has 1 saturated heterocycles. The lowest BCUT2D eigenvalue weighted by atomic mass is 9.82. The third-order valence-corrected chi connectivity index (χ3v) is 4.82. The highest BCUT2D eigenvalue weighted by molar-refractivity contribution is 9.10. The van der Waals surface area contributed by atoms with Gasteiger partial charge >= 0.3 is 0 Å². The van der Waals surface area contributed by atoms with Crippen molar-refractivity contribution < 1.29 is 0 Å². The van der Waals surface area contributed by atoms with E-state index in [-0.39, 0.29) is 0 Å². The molecule has 2 nitrogen and oxygen atoms in total. The van der Waals surface area contributed by atoms with E-state index in [9.17, 15) is 0 Å². The van der Waals surface area contributed by atoms with Gasteiger partial charge in [-0.25, -0.2) is 0 Å². The fraction of sp³-hybridized carbons (Fsp3) is 0.647. The number of nitrogens with zero attached hydrogens (tertiary/aromatic N) is 1. The first-order chi connectivity index (χ1) is 9.37. The van der Waals surface area contributed by atoms with Crippen LogP contribution < -0.4 is 10.2 Å². The van der Waals surface area contributed by atoms with Gasteiger partial charge in [0.15, 0.2) is 0 Å². The molecule has 0 unspecified atom stereocenters. The number of benzene rings is 1. The highest BCUT2D eigenvalue weighted by Gasteiger charge is 2.26. The molecule has 0 aromatic heterocycles. The van der Waals surface area contributed by atoms with Gasteiger partial charge in [0, 0.05) is 30.1 Å². The first kappa shape index (κ1) is 15.8. The normalized spacial score (nSPS) is 18.6. The summed E-state index contributed by atoms with van der Waals surface area (Å²) in [5, 5.41) is 3.46. The van der Waals surface area contributed by atoms with Gasteiger partial charge in [-0.3, -0.25) is 0 Å². The number of anilines is 1. The zero-order valence-corrected chi connectivity index (χ0v) is 14.8. The van der Waals surface area contributed by atoms with Crippen molar-refractivity contribution in [2.75, 3.05) is 18.0 Å². The summed E-state index contributed by atoms with van der Waals surface area (Å²) in [5.74, 6) is 0. The van der Waals surface area contributed by atoms with Gasteiger partial charge in [-0.1, -0.05) is 33.8 Å². The molecular weight excluding hydrogens is 312 g/mol. The Morgan fingerprint density at radius 2 is 1.90 bits per heavy atom. The SMILES string of the molecule is CC(C)NCc1ccc(N2CCC(C)(C)CC2)c(Br)c1. The molecule has 1 aromatic carbocycles. The summed E-state index contributed by atoms with van der Waals surface area (Å²) < 4.78 is 1.22. The van der Waals surface area contributed by atoms with Gasteiger partial charge in [-0.2, -0.15) is 0 Å². The molecule has 2 rings (SSSR count). The largest absolute Gasteiger partial charge is 0.371 e. The average molecular weight is 339 g/mol. The van der Waals surface area contributed by atoms with Crippen LogP contribution in [0.2, 0.25) is 0 Å². The third kappa shape index (κ3) is 4.23. The Morgan fingerprint density at radius 3 is 2.45 bits per heavy atom. The average Bonchev–Trinajstić information content (AvgIpc) is 2.37. The van der Waals surface area contributed by atoms with E-state index in [0.717, 1.165) is 19.6 Å². The molecule has 1 aromatic rings. The van der Waals surface area contributed by atoms with Crippen LogP contribution in [-0.4, -0.2) is 19.1 Å².